The van der Waals surface area contributed by atoms with Crippen LogP contribution in [0.1, 0.15) is 29.9 Å². The molecule has 9 heteroatoms. The van der Waals surface area contributed by atoms with Gasteiger partial charge in [0, 0.05) is 6.54 Å². The number of thiophene rings is 1. The summed E-state index contributed by atoms with van der Waals surface area (Å²) in [6, 6.07) is 8.67. The van der Waals surface area contributed by atoms with Crippen molar-refractivity contribution < 1.29 is 14.1 Å². The molecule has 0 unspecified atom stereocenters. The highest BCUT2D eigenvalue weighted by Crippen LogP contribution is 2.41. The van der Waals surface area contributed by atoms with Crippen molar-refractivity contribution in [2.45, 2.75) is 26.8 Å². The van der Waals surface area contributed by atoms with Crippen LogP contribution >= 0.6 is 11.3 Å². The van der Waals surface area contributed by atoms with Gasteiger partial charge in [-0.15, -0.1) is 11.3 Å². The van der Waals surface area contributed by atoms with E-state index in [0.29, 0.717) is 23.5 Å². The summed E-state index contributed by atoms with van der Waals surface area (Å²) in [7, 11) is 0. The highest BCUT2D eigenvalue weighted by atomic mass is 32.1. The smallest absolute Gasteiger partial charge is 0.291 e. The molecular weight excluding hydrogens is 371 g/mol. The van der Waals surface area contributed by atoms with Crippen LogP contribution in [-0.4, -0.2) is 20.6 Å². The molecule has 7 nitrogen and oxygen atoms in total. The number of nitrogens with one attached hydrogen (secondary N) is 1. The summed E-state index contributed by atoms with van der Waals surface area (Å²) in [5, 5.41) is 18.7. The maximum Gasteiger partial charge on any atom is 0.291 e. The Morgan fingerprint density at radius 2 is 2.07 bits per heavy atom. The Kier molecular flexibility index (Phi) is 5.31. The molecule has 2 aromatic heterocycles. The van der Waals surface area contributed by atoms with E-state index in [1.807, 2.05) is 19.9 Å². The van der Waals surface area contributed by atoms with Crippen LogP contribution in [0.2, 0.25) is 0 Å². The maximum atomic E-state index is 13.8. The number of benzene rings is 1. The van der Waals surface area contributed by atoms with Crippen molar-refractivity contribution in [3.05, 3.63) is 63.6 Å². The van der Waals surface area contributed by atoms with Crippen LogP contribution in [-0.2, 0) is 13.0 Å². The third kappa shape index (κ3) is 3.72. The minimum atomic E-state index is -0.658. The van der Waals surface area contributed by atoms with Crippen LogP contribution in [0.5, 0.6) is 0 Å². The van der Waals surface area contributed by atoms with Crippen molar-refractivity contribution in [2.75, 3.05) is 5.32 Å². The number of aryl methyl sites for hydroxylation is 2. The summed E-state index contributed by atoms with van der Waals surface area (Å²) in [5.74, 6) is -1.31. The third-order valence-electron chi connectivity index (χ3n) is 3.99. The van der Waals surface area contributed by atoms with Crippen molar-refractivity contribution in [3.8, 4) is 10.6 Å². The molecule has 2 heterocycles. The monoisotopic (exact) mass is 388 g/mol. The molecular formula is C18H17FN4O3S. The fourth-order valence-electron chi connectivity index (χ4n) is 2.65. The molecule has 0 saturated carbocycles. The minimum Gasteiger partial charge on any atom is -0.313 e. The summed E-state index contributed by atoms with van der Waals surface area (Å²) in [6.45, 7) is 4.41. The number of anilines is 1. The quantitative estimate of drug-likeness (QED) is 0.497. The highest BCUT2D eigenvalue weighted by molar-refractivity contribution is 7.20. The van der Waals surface area contributed by atoms with Crippen LogP contribution in [0.15, 0.2) is 36.4 Å². The van der Waals surface area contributed by atoms with E-state index < -0.39 is 16.6 Å². The standard InChI is InChI=1S/C18H17FN4O3S/c1-3-11-9-14(22(4-2)21-11)17-15(23(25)26)10-16(27-17)20-18(24)12-7-5-6-8-13(12)19/h5-10H,3-4H2,1-2H3,(H,20,24). The second-order valence-electron chi connectivity index (χ2n) is 5.71. The lowest BCUT2D eigenvalue weighted by atomic mass is 10.2. The van der Waals surface area contributed by atoms with Crippen LogP contribution < -0.4 is 5.32 Å². The predicted molar refractivity (Wildman–Crippen MR) is 102 cm³/mol. The number of carbonyl (C=O) groups is 1. The van der Waals surface area contributed by atoms with Gasteiger partial charge < -0.3 is 5.32 Å². The van der Waals surface area contributed by atoms with E-state index in [9.17, 15) is 19.3 Å². The van der Waals surface area contributed by atoms with Crippen molar-refractivity contribution >= 4 is 27.9 Å². The van der Waals surface area contributed by atoms with E-state index in [1.54, 1.807) is 10.7 Å². The second-order valence-corrected chi connectivity index (χ2v) is 6.76. The van der Waals surface area contributed by atoms with Crippen molar-refractivity contribution in [1.82, 2.24) is 9.78 Å². The zero-order chi connectivity index (χ0) is 19.6. The number of nitrogens with zero attached hydrogens (tertiary/aromatic N) is 3. The molecule has 0 spiro atoms. The van der Waals surface area contributed by atoms with Gasteiger partial charge in [0.05, 0.1) is 27.9 Å². The fraction of sp³-hybridized carbons (Fsp3) is 0.222. The minimum absolute atomic E-state index is 0.123. The number of hydrogen-bond acceptors (Lipinski definition) is 5. The molecule has 27 heavy (non-hydrogen) atoms. The van der Waals surface area contributed by atoms with E-state index in [4.69, 9.17) is 0 Å². The fourth-order valence-corrected chi connectivity index (χ4v) is 3.69. The average molecular weight is 388 g/mol. The van der Waals surface area contributed by atoms with E-state index >= 15 is 0 Å². The first-order valence-electron chi connectivity index (χ1n) is 8.35. The van der Waals surface area contributed by atoms with Gasteiger partial charge in [-0.2, -0.15) is 5.10 Å². The van der Waals surface area contributed by atoms with E-state index in [0.717, 1.165) is 17.0 Å². The van der Waals surface area contributed by atoms with Gasteiger partial charge in [-0.05, 0) is 31.5 Å². The Balaban J connectivity index is 1.99. The number of halogens is 1. The number of aromatic nitrogens is 2. The van der Waals surface area contributed by atoms with Crippen molar-refractivity contribution in [1.29, 1.82) is 0 Å². The van der Waals surface area contributed by atoms with Gasteiger partial charge in [-0.3, -0.25) is 19.6 Å². The van der Waals surface area contributed by atoms with Gasteiger partial charge in [0.25, 0.3) is 11.6 Å². The van der Waals surface area contributed by atoms with Gasteiger partial charge >= 0.3 is 0 Å². The summed E-state index contributed by atoms with van der Waals surface area (Å²) in [4.78, 5) is 23.7. The van der Waals surface area contributed by atoms with Crippen LogP contribution in [0.25, 0.3) is 10.6 Å². The summed E-state index contributed by atoms with van der Waals surface area (Å²) in [5.41, 5.74) is 1.20. The first-order valence-corrected chi connectivity index (χ1v) is 9.17. The second kappa shape index (κ2) is 7.67. The Labute approximate surface area is 158 Å². The molecule has 0 aliphatic heterocycles. The molecule has 0 aliphatic rings. The van der Waals surface area contributed by atoms with Crippen molar-refractivity contribution in [3.63, 3.8) is 0 Å². The summed E-state index contributed by atoms with van der Waals surface area (Å²) in [6.07, 6.45) is 0.704. The lowest BCUT2D eigenvalue weighted by molar-refractivity contribution is -0.383. The maximum absolute atomic E-state index is 13.8. The molecule has 1 amide bonds. The molecule has 0 fully saturated rings. The highest BCUT2D eigenvalue weighted by Gasteiger charge is 2.25. The Morgan fingerprint density at radius 3 is 2.70 bits per heavy atom. The molecule has 0 saturated heterocycles. The molecule has 3 rings (SSSR count). The Bertz CT molecular complexity index is 1010. The van der Waals surface area contributed by atoms with Gasteiger partial charge in [0.1, 0.15) is 15.7 Å². The van der Waals surface area contributed by atoms with E-state index in [1.165, 1.54) is 24.3 Å². The first kappa shape index (κ1) is 18.7. The molecule has 3 aromatic rings. The summed E-state index contributed by atoms with van der Waals surface area (Å²) < 4.78 is 15.5. The van der Waals surface area contributed by atoms with Gasteiger partial charge in [0.2, 0.25) is 0 Å². The Hall–Kier alpha value is -3.07. The van der Waals surface area contributed by atoms with Gasteiger partial charge in [-0.1, -0.05) is 19.1 Å². The van der Waals surface area contributed by atoms with Crippen molar-refractivity contribution in [2.24, 2.45) is 0 Å². The van der Waals surface area contributed by atoms with Crippen LogP contribution in [0, 0.1) is 15.9 Å². The van der Waals surface area contributed by atoms with E-state index in [2.05, 4.69) is 10.4 Å². The number of hydrogen-bond donors (Lipinski definition) is 1. The molecule has 0 aliphatic carbocycles. The number of amides is 1. The lowest BCUT2D eigenvalue weighted by Gasteiger charge is -2.03. The number of rotatable bonds is 6. The predicted octanol–water partition coefficient (Wildman–Crippen LogP) is 4.49. The topological polar surface area (TPSA) is 90.1 Å². The zero-order valence-corrected chi connectivity index (χ0v) is 15.5. The van der Waals surface area contributed by atoms with Gasteiger partial charge in [0.15, 0.2) is 0 Å². The Morgan fingerprint density at radius 1 is 1.33 bits per heavy atom. The number of carbonyl (C=O) groups excluding carboxylic acids is 1. The molecule has 140 valence electrons. The summed E-state index contributed by atoms with van der Waals surface area (Å²) >= 11 is 1.07. The molecule has 0 bridgehead atoms. The number of nitro groups is 1. The van der Waals surface area contributed by atoms with E-state index in [-0.39, 0.29) is 16.3 Å². The molecule has 0 atom stereocenters. The zero-order valence-electron chi connectivity index (χ0n) is 14.7. The first-order chi connectivity index (χ1) is 12.9. The van der Waals surface area contributed by atoms with Gasteiger partial charge in [-0.25, -0.2) is 4.39 Å². The largest absolute Gasteiger partial charge is 0.313 e. The molecule has 0 radical (unpaired) electrons. The third-order valence-corrected chi connectivity index (χ3v) is 5.05. The van der Waals surface area contributed by atoms with Crippen LogP contribution in [0.4, 0.5) is 15.1 Å². The lowest BCUT2D eigenvalue weighted by Crippen LogP contribution is -2.12. The normalized spacial score (nSPS) is 10.8. The average Bonchev–Trinajstić information content (AvgIpc) is 3.25. The molecule has 1 N–H and O–H groups in total. The SMILES string of the molecule is CCc1cc(-c2sc(NC(=O)c3ccccc3F)cc2[N+](=O)[O-])n(CC)n1. The molecule has 1 aromatic carbocycles. The van der Waals surface area contributed by atoms with Crippen LogP contribution in [0.3, 0.4) is 0 Å².